The summed E-state index contributed by atoms with van der Waals surface area (Å²) in [5.74, 6) is 0.142. The van der Waals surface area contributed by atoms with E-state index in [1.54, 1.807) is 31.8 Å². The van der Waals surface area contributed by atoms with E-state index in [0.29, 0.717) is 37.5 Å². The quantitative estimate of drug-likeness (QED) is 0.190. The number of methoxy groups -OCH3 is 1. The minimum atomic E-state index is -3.63. The minimum Gasteiger partial charge on any atom is -0.496 e. The van der Waals surface area contributed by atoms with Crippen LogP contribution < -0.4 is 15.4 Å². The number of aromatic nitrogens is 2. The summed E-state index contributed by atoms with van der Waals surface area (Å²) in [5.41, 5.74) is 1.36. The van der Waals surface area contributed by atoms with Crippen molar-refractivity contribution >= 4 is 22.3 Å². The average molecular weight is 553 g/mol. The van der Waals surface area contributed by atoms with Crippen LogP contribution in [-0.2, 0) is 22.0 Å². The Balaban J connectivity index is 1.32. The average Bonchev–Trinajstić information content (AvgIpc) is 3.49. The van der Waals surface area contributed by atoms with Gasteiger partial charge < -0.3 is 24.8 Å². The van der Waals surface area contributed by atoms with Crippen molar-refractivity contribution in [3.63, 3.8) is 0 Å². The molecule has 0 unspecified atom stereocenters. The topological polar surface area (TPSA) is 118 Å². The van der Waals surface area contributed by atoms with Crippen molar-refractivity contribution in [3.8, 4) is 5.75 Å². The van der Waals surface area contributed by atoms with E-state index in [2.05, 4.69) is 32.1 Å². The Hall–Kier alpha value is -3.70. The van der Waals surface area contributed by atoms with Gasteiger partial charge in [-0.2, -0.15) is 4.40 Å². The summed E-state index contributed by atoms with van der Waals surface area (Å²) < 4.78 is 36.0. The SMILES string of the molecule is COc1ccccc1C(=O)NCC1(c2ccccc2)CCN(/C=N/S(=O)(=O)CNCCCn2ccnc2)CC1. The first kappa shape index (κ1) is 28.3. The molecule has 0 saturated carbocycles. The highest BCUT2D eigenvalue weighted by Gasteiger charge is 2.36. The molecular weight excluding hydrogens is 516 g/mol. The van der Waals surface area contributed by atoms with Crippen LogP contribution in [-0.4, -0.2) is 74.3 Å². The molecule has 1 aliphatic rings. The zero-order chi connectivity index (χ0) is 27.6. The Morgan fingerprint density at radius 1 is 1.13 bits per heavy atom. The van der Waals surface area contributed by atoms with Gasteiger partial charge in [0.1, 0.15) is 18.0 Å². The van der Waals surface area contributed by atoms with Gasteiger partial charge in [0.25, 0.3) is 15.9 Å². The molecule has 1 aromatic heterocycles. The van der Waals surface area contributed by atoms with Crippen LogP contribution in [0.4, 0.5) is 0 Å². The number of carbonyl (C=O) groups excluding carboxylic acids is 1. The van der Waals surface area contributed by atoms with E-state index in [9.17, 15) is 13.2 Å². The first-order chi connectivity index (χ1) is 18.9. The van der Waals surface area contributed by atoms with E-state index < -0.39 is 10.0 Å². The Morgan fingerprint density at radius 3 is 2.59 bits per heavy atom. The summed E-state index contributed by atoms with van der Waals surface area (Å²) in [7, 11) is -2.08. The molecule has 208 valence electrons. The number of ether oxygens (including phenoxy) is 1. The minimum absolute atomic E-state index is 0.185. The molecule has 1 aliphatic heterocycles. The maximum atomic E-state index is 13.0. The predicted octanol–water partition coefficient (Wildman–Crippen LogP) is 2.65. The van der Waals surface area contributed by atoms with Crippen LogP contribution in [0.25, 0.3) is 0 Å². The van der Waals surface area contributed by atoms with Crippen molar-refractivity contribution in [2.45, 2.75) is 31.2 Å². The maximum Gasteiger partial charge on any atom is 0.267 e. The molecule has 0 radical (unpaired) electrons. The van der Waals surface area contributed by atoms with Gasteiger partial charge in [0, 0.05) is 44.0 Å². The first-order valence-electron chi connectivity index (χ1n) is 13.1. The number of imidazole rings is 1. The van der Waals surface area contributed by atoms with Crippen LogP contribution in [0.1, 0.15) is 35.2 Å². The van der Waals surface area contributed by atoms with Crippen LogP contribution in [0, 0.1) is 0 Å². The number of likely N-dealkylation sites (tertiary alicyclic amines) is 1. The molecule has 0 spiro atoms. The lowest BCUT2D eigenvalue weighted by molar-refractivity contribution is 0.0929. The number of nitrogens with zero attached hydrogens (tertiary/aromatic N) is 4. The van der Waals surface area contributed by atoms with E-state index in [1.165, 1.54) is 6.34 Å². The summed E-state index contributed by atoms with van der Waals surface area (Å²) in [6.45, 7) is 3.04. The zero-order valence-electron chi connectivity index (χ0n) is 22.2. The zero-order valence-corrected chi connectivity index (χ0v) is 23.0. The van der Waals surface area contributed by atoms with Crippen molar-refractivity contribution < 1.29 is 17.9 Å². The molecule has 2 N–H and O–H groups in total. The monoisotopic (exact) mass is 552 g/mol. The van der Waals surface area contributed by atoms with Gasteiger partial charge in [0.15, 0.2) is 0 Å². The molecule has 1 saturated heterocycles. The van der Waals surface area contributed by atoms with Gasteiger partial charge in [0.2, 0.25) is 0 Å². The third-order valence-corrected chi connectivity index (χ3v) is 8.05. The second kappa shape index (κ2) is 13.4. The number of carbonyl (C=O) groups is 1. The van der Waals surface area contributed by atoms with E-state index in [4.69, 9.17) is 4.74 Å². The van der Waals surface area contributed by atoms with Crippen molar-refractivity contribution in [1.29, 1.82) is 0 Å². The number of para-hydroxylation sites is 1. The molecule has 0 atom stereocenters. The lowest BCUT2D eigenvalue weighted by atomic mass is 9.72. The number of amides is 1. The fraction of sp³-hybridized carbons (Fsp3) is 0.393. The molecule has 0 aliphatic carbocycles. The Morgan fingerprint density at radius 2 is 1.87 bits per heavy atom. The molecule has 10 nitrogen and oxygen atoms in total. The molecule has 39 heavy (non-hydrogen) atoms. The third-order valence-electron chi connectivity index (χ3n) is 7.06. The Bertz CT molecular complexity index is 1320. The standard InChI is InChI=1S/C28H36N6O4S/c1-38-26-11-6-5-10-25(26)27(35)31-20-28(24-8-3-2-4-9-24)12-17-34(18-13-28)22-32-39(36,37)23-30-14-7-16-33-19-15-29-21-33/h2-6,8-11,15,19,21-22,30H,7,12-14,16-18,20,23H2,1H3,(H,31,35)/b32-22+. The van der Waals surface area contributed by atoms with Gasteiger partial charge >= 0.3 is 0 Å². The largest absolute Gasteiger partial charge is 0.496 e. The van der Waals surface area contributed by atoms with E-state index in [1.807, 2.05) is 46.0 Å². The number of benzene rings is 2. The van der Waals surface area contributed by atoms with Crippen molar-refractivity contribution in [3.05, 3.63) is 84.4 Å². The van der Waals surface area contributed by atoms with Crippen LogP contribution >= 0.6 is 0 Å². The number of rotatable bonds is 13. The lowest BCUT2D eigenvalue weighted by Gasteiger charge is -2.42. The fourth-order valence-electron chi connectivity index (χ4n) is 4.79. The van der Waals surface area contributed by atoms with Gasteiger partial charge in [-0.15, -0.1) is 0 Å². The van der Waals surface area contributed by atoms with Gasteiger partial charge in [-0.3, -0.25) is 4.79 Å². The number of hydrogen-bond donors (Lipinski definition) is 2. The molecule has 2 heterocycles. The van der Waals surface area contributed by atoms with Gasteiger partial charge in [-0.05, 0) is 43.5 Å². The van der Waals surface area contributed by atoms with Gasteiger partial charge in [-0.1, -0.05) is 42.5 Å². The predicted molar refractivity (Wildman–Crippen MR) is 151 cm³/mol. The summed E-state index contributed by atoms with van der Waals surface area (Å²) in [5, 5.41) is 6.07. The summed E-state index contributed by atoms with van der Waals surface area (Å²) >= 11 is 0. The second-order valence-electron chi connectivity index (χ2n) is 9.67. The molecular formula is C28H36N6O4S. The molecule has 4 rings (SSSR count). The van der Waals surface area contributed by atoms with Crippen LogP contribution in [0.5, 0.6) is 5.75 Å². The van der Waals surface area contributed by atoms with Crippen LogP contribution in [0.15, 0.2) is 77.7 Å². The van der Waals surface area contributed by atoms with Crippen molar-refractivity contribution in [2.75, 3.05) is 39.2 Å². The van der Waals surface area contributed by atoms with E-state index in [-0.39, 0.29) is 17.2 Å². The van der Waals surface area contributed by atoms with Gasteiger partial charge in [-0.25, -0.2) is 13.4 Å². The first-order valence-corrected chi connectivity index (χ1v) is 14.7. The Kier molecular flexibility index (Phi) is 9.72. The number of piperidine rings is 1. The molecule has 1 amide bonds. The number of sulfonamides is 1. The normalized spacial score (nSPS) is 15.4. The molecule has 11 heteroatoms. The van der Waals surface area contributed by atoms with Crippen molar-refractivity contribution in [1.82, 2.24) is 25.1 Å². The lowest BCUT2D eigenvalue weighted by Crippen LogP contribution is -2.48. The third kappa shape index (κ3) is 7.90. The molecule has 0 bridgehead atoms. The summed E-state index contributed by atoms with van der Waals surface area (Å²) in [6, 6.07) is 17.3. The number of aryl methyl sites for hydroxylation is 1. The number of hydrogen-bond acceptors (Lipinski definition) is 6. The highest BCUT2D eigenvalue weighted by Crippen LogP contribution is 2.35. The highest BCUT2D eigenvalue weighted by atomic mass is 32.2. The molecule has 1 fully saturated rings. The summed E-state index contributed by atoms with van der Waals surface area (Å²) in [6.07, 6.45) is 9.03. The highest BCUT2D eigenvalue weighted by molar-refractivity contribution is 7.90. The van der Waals surface area contributed by atoms with E-state index in [0.717, 1.165) is 31.4 Å². The second-order valence-corrected chi connectivity index (χ2v) is 11.3. The van der Waals surface area contributed by atoms with Crippen LogP contribution in [0.3, 0.4) is 0 Å². The van der Waals surface area contributed by atoms with E-state index >= 15 is 0 Å². The molecule has 3 aromatic rings. The molecule has 2 aromatic carbocycles. The van der Waals surface area contributed by atoms with Crippen LogP contribution in [0.2, 0.25) is 0 Å². The smallest absolute Gasteiger partial charge is 0.267 e. The van der Waals surface area contributed by atoms with Crippen molar-refractivity contribution in [2.24, 2.45) is 4.40 Å². The summed E-state index contributed by atoms with van der Waals surface area (Å²) in [4.78, 5) is 18.9. The number of nitrogens with one attached hydrogen (secondary N) is 2. The fourth-order valence-corrected chi connectivity index (χ4v) is 5.54. The maximum absolute atomic E-state index is 13.0. The van der Waals surface area contributed by atoms with Gasteiger partial charge in [0.05, 0.1) is 19.0 Å². The Labute approximate surface area is 230 Å².